The molecule has 0 radical (unpaired) electrons. The van der Waals surface area contributed by atoms with Crippen LogP contribution in [0.3, 0.4) is 0 Å². The van der Waals surface area contributed by atoms with Crippen molar-refractivity contribution < 1.29 is 18.7 Å². The van der Waals surface area contributed by atoms with Crippen LogP contribution < -0.4 is 0 Å². The Hall–Kier alpha value is -3.27. The van der Waals surface area contributed by atoms with E-state index in [9.17, 15) is 9.59 Å². The molecule has 0 atom stereocenters. The van der Waals surface area contributed by atoms with Crippen molar-refractivity contribution >= 4 is 23.8 Å². The fraction of sp³-hybridized carbons (Fsp3) is 0.333. The van der Waals surface area contributed by atoms with Crippen molar-refractivity contribution in [2.24, 2.45) is 0 Å². The third-order valence-corrected chi connectivity index (χ3v) is 5.79. The number of hydrogen-bond acceptors (Lipinski definition) is 7. The molecule has 4 rings (SSSR count). The predicted octanol–water partition coefficient (Wildman–Crippen LogP) is 2.92. The van der Waals surface area contributed by atoms with Gasteiger partial charge in [0.05, 0.1) is 18.6 Å². The highest BCUT2D eigenvalue weighted by molar-refractivity contribution is 7.99. The summed E-state index contributed by atoms with van der Waals surface area (Å²) in [7, 11) is 0. The lowest BCUT2D eigenvalue weighted by Gasteiger charge is -2.34. The van der Waals surface area contributed by atoms with Crippen LogP contribution in [0.25, 0.3) is 17.3 Å². The highest BCUT2D eigenvalue weighted by atomic mass is 32.2. The molecule has 3 heterocycles. The minimum Gasteiger partial charge on any atom is -0.461 e. The van der Waals surface area contributed by atoms with Gasteiger partial charge in [0.2, 0.25) is 11.7 Å². The van der Waals surface area contributed by atoms with Crippen LogP contribution in [0.1, 0.15) is 6.92 Å². The summed E-state index contributed by atoms with van der Waals surface area (Å²) in [5, 5.41) is 9.19. The van der Waals surface area contributed by atoms with Gasteiger partial charge in [-0.05, 0) is 31.2 Å². The normalized spacial score (nSPS) is 14.0. The van der Waals surface area contributed by atoms with Crippen LogP contribution in [0.15, 0.2) is 58.3 Å². The van der Waals surface area contributed by atoms with E-state index in [1.165, 1.54) is 11.8 Å². The molecule has 1 aliphatic heterocycles. The third-order valence-electron chi connectivity index (χ3n) is 4.87. The zero-order valence-electron chi connectivity index (χ0n) is 17.1. The Labute approximate surface area is 184 Å². The van der Waals surface area contributed by atoms with E-state index < -0.39 is 0 Å². The van der Waals surface area contributed by atoms with Gasteiger partial charge in [0.1, 0.15) is 0 Å². The zero-order valence-corrected chi connectivity index (χ0v) is 18.0. The quantitative estimate of drug-likeness (QED) is 0.543. The first kappa shape index (κ1) is 21.0. The number of carbonyl (C=O) groups is 2. The molecule has 2 amide bonds. The van der Waals surface area contributed by atoms with Gasteiger partial charge in [0, 0.05) is 31.9 Å². The van der Waals surface area contributed by atoms with Crippen LogP contribution >= 0.6 is 11.8 Å². The molecule has 0 saturated carbocycles. The van der Waals surface area contributed by atoms with Gasteiger partial charge >= 0.3 is 6.09 Å². The topological polar surface area (TPSA) is 93.7 Å². The zero-order chi connectivity index (χ0) is 21.6. The highest BCUT2D eigenvalue weighted by Gasteiger charge is 2.26. The summed E-state index contributed by atoms with van der Waals surface area (Å²) in [6.45, 7) is 4.04. The van der Waals surface area contributed by atoms with E-state index in [0.717, 1.165) is 5.69 Å². The van der Waals surface area contributed by atoms with Crippen LogP contribution in [0.2, 0.25) is 0 Å². The minimum atomic E-state index is -0.328. The number of piperazine rings is 1. The van der Waals surface area contributed by atoms with Gasteiger partial charge in [-0.1, -0.05) is 30.0 Å². The second kappa shape index (κ2) is 9.69. The first-order chi connectivity index (χ1) is 15.2. The second-order valence-corrected chi connectivity index (χ2v) is 7.75. The smallest absolute Gasteiger partial charge is 0.409 e. The number of para-hydroxylation sites is 1. The molecule has 1 aromatic carbocycles. The fourth-order valence-corrected chi connectivity index (χ4v) is 4.16. The molecule has 31 heavy (non-hydrogen) atoms. The van der Waals surface area contributed by atoms with E-state index >= 15 is 0 Å². The number of amides is 2. The van der Waals surface area contributed by atoms with Crippen LogP contribution in [0, 0.1) is 0 Å². The number of thioether (sulfide) groups is 1. The molecule has 0 bridgehead atoms. The molecule has 9 nitrogen and oxygen atoms in total. The Kier molecular flexibility index (Phi) is 6.56. The van der Waals surface area contributed by atoms with Crippen molar-refractivity contribution in [3.8, 4) is 17.3 Å². The Balaban J connectivity index is 1.43. The van der Waals surface area contributed by atoms with Gasteiger partial charge in [-0.2, -0.15) is 0 Å². The second-order valence-electron chi connectivity index (χ2n) is 6.81. The van der Waals surface area contributed by atoms with Crippen LogP contribution in [0.5, 0.6) is 0 Å². The van der Waals surface area contributed by atoms with Crippen LogP contribution in [-0.2, 0) is 9.53 Å². The maximum Gasteiger partial charge on any atom is 0.409 e. The first-order valence-electron chi connectivity index (χ1n) is 10.0. The van der Waals surface area contributed by atoms with E-state index in [1.54, 1.807) is 29.1 Å². The maximum atomic E-state index is 12.8. The molecule has 162 valence electrons. The largest absolute Gasteiger partial charge is 0.461 e. The number of nitrogens with zero attached hydrogens (tertiary/aromatic N) is 5. The molecular weight excluding hydrogens is 418 g/mol. The third kappa shape index (κ3) is 4.74. The molecular formula is C21H23N5O4S. The molecule has 1 fully saturated rings. The van der Waals surface area contributed by atoms with Gasteiger partial charge in [-0.3, -0.25) is 9.36 Å². The average Bonchev–Trinajstić information content (AvgIpc) is 3.48. The number of ether oxygens (including phenoxy) is 1. The molecule has 0 unspecified atom stereocenters. The van der Waals surface area contributed by atoms with Crippen molar-refractivity contribution in [2.45, 2.75) is 12.1 Å². The van der Waals surface area contributed by atoms with Gasteiger partial charge in [0.15, 0.2) is 10.9 Å². The Morgan fingerprint density at radius 3 is 2.45 bits per heavy atom. The number of benzene rings is 1. The minimum absolute atomic E-state index is 0.00401. The first-order valence-corrected chi connectivity index (χ1v) is 11.0. The fourth-order valence-electron chi connectivity index (χ4n) is 3.31. The van der Waals surface area contributed by atoms with Crippen molar-refractivity contribution in [3.63, 3.8) is 0 Å². The van der Waals surface area contributed by atoms with E-state index in [2.05, 4.69) is 10.2 Å². The molecule has 3 aromatic rings. The van der Waals surface area contributed by atoms with E-state index in [0.29, 0.717) is 49.5 Å². The van der Waals surface area contributed by atoms with E-state index in [-0.39, 0.29) is 17.8 Å². The van der Waals surface area contributed by atoms with Gasteiger partial charge < -0.3 is 19.0 Å². The Morgan fingerprint density at radius 1 is 1.03 bits per heavy atom. The number of hydrogen-bond donors (Lipinski definition) is 0. The predicted molar refractivity (Wildman–Crippen MR) is 115 cm³/mol. The summed E-state index contributed by atoms with van der Waals surface area (Å²) in [5.74, 6) is 1.40. The van der Waals surface area contributed by atoms with Gasteiger partial charge in [-0.15, -0.1) is 10.2 Å². The van der Waals surface area contributed by atoms with Crippen molar-refractivity contribution in [2.75, 3.05) is 38.5 Å². The summed E-state index contributed by atoms with van der Waals surface area (Å²) >= 11 is 1.33. The summed E-state index contributed by atoms with van der Waals surface area (Å²) < 4.78 is 12.4. The standard InChI is InChI=1S/C21H23N5O4S/c1-2-29-21(28)25-12-10-24(11-13-25)18(27)15-31-20-23-22-19(17-9-6-14-30-17)26(20)16-7-4-3-5-8-16/h3-9,14H,2,10-13,15H2,1H3. The lowest BCUT2D eigenvalue weighted by atomic mass is 10.3. The van der Waals surface area contributed by atoms with Crippen molar-refractivity contribution in [1.82, 2.24) is 24.6 Å². The molecule has 1 saturated heterocycles. The monoisotopic (exact) mass is 441 g/mol. The van der Waals surface area contributed by atoms with Crippen LogP contribution in [-0.4, -0.2) is 75.1 Å². The van der Waals surface area contributed by atoms with Crippen molar-refractivity contribution in [1.29, 1.82) is 0 Å². The average molecular weight is 442 g/mol. The molecule has 0 N–H and O–H groups in total. The molecule has 0 spiro atoms. The molecule has 1 aliphatic rings. The summed E-state index contributed by atoms with van der Waals surface area (Å²) in [6.07, 6.45) is 1.26. The lowest BCUT2D eigenvalue weighted by molar-refractivity contribution is -0.129. The van der Waals surface area contributed by atoms with Crippen molar-refractivity contribution in [3.05, 3.63) is 48.7 Å². The summed E-state index contributed by atoms with van der Waals surface area (Å²) in [4.78, 5) is 28.0. The summed E-state index contributed by atoms with van der Waals surface area (Å²) in [5.41, 5.74) is 0.886. The van der Waals surface area contributed by atoms with E-state index in [1.807, 2.05) is 41.0 Å². The SMILES string of the molecule is CCOC(=O)N1CCN(C(=O)CSc2nnc(-c3ccco3)n2-c2ccccc2)CC1. The van der Waals surface area contributed by atoms with E-state index in [4.69, 9.17) is 9.15 Å². The van der Waals surface area contributed by atoms with Gasteiger partial charge in [-0.25, -0.2) is 4.79 Å². The number of furan rings is 1. The number of rotatable bonds is 6. The Morgan fingerprint density at radius 2 is 1.77 bits per heavy atom. The van der Waals surface area contributed by atoms with Gasteiger partial charge in [0.25, 0.3) is 0 Å². The maximum absolute atomic E-state index is 12.8. The molecule has 0 aliphatic carbocycles. The lowest BCUT2D eigenvalue weighted by Crippen LogP contribution is -2.51. The number of aromatic nitrogens is 3. The highest BCUT2D eigenvalue weighted by Crippen LogP contribution is 2.28. The number of carbonyl (C=O) groups excluding carboxylic acids is 2. The van der Waals surface area contributed by atoms with Crippen LogP contribution in [0.4, 0.5) is 4.79 Å². The molecule has 10 heteroatoms. The Bertz CT molecular complexity index is 1010. The molecule has 2 aromatic heterocycles. The summed E-state index contributed by atoms with van der Waals surface area (Å²) in [6, 6.07) is 13.3.